The van der Waals surface area contributed by atoms with Crippen LogP contribution in [0.15, 0.2) is 18.2 Å². The molecule has 1 aromatic carbocycles. The molecule has 0 spiro atoms. The van der Waals surface area contributed by atoms with Gasteiger partial charge in [0, 0.05) is 36.8 Å². The lowest BCUT2D eigenvalue weighted by Crippen LogP contribution is -2.40. The minimum Gasteiger partial charge on any atom is -0.508 e. The minimum atomic E-state index is -0.303. The van der Waals surface area contributed by atoms with Gasteiger partial charge in [-0.1, -0.05) is 6.07 Å². The number of phenolic OH excluding ortho intramolecular Hbond substituents is 1. The molecule has 3 rings (SSSR count). The number of halogens is 1. The molecule has 0 amide bonds. The van der Waals surface area contributed by atoms with Crippen LogP contribution in [0.1, 0.15) is 44.2 Å². The fourth-order valence-corrected chi connectivity index (χ4v) is 3.27. The van der Waals surface area contributed by atoms with E-state index in [9.17, 15) is 9.50 Å². The number of aromatic hydroxyl groups is 1. The molecule has 2 atom stereocenters. The average molecular weight is 292 g/mol. The van der Waals surface area contributed by atoms with Crippen molar-refractivity contribution in [3.05, 3.63) is 29.6 Å². The van der Waals surface area contributed by atoms with Crippen LogP contribution in [-0.2, 0) is 0 Å². The third-order valence-corrected chi connectivity index (χ3v) is 4.79. The molecule has 1 heterocycles. The first-order valence-electron chi connectivity index (χ1n) is 8.09. The van der Waals surface area contributed by atoms with Crippen molar-refractivity contribution in [2.75, 3.05) is 19.6 Å². The van der Waals surface area contributed by atoms with Gasteiger partial charge in [-0.15, -0.1) is 0 Å². The molecule has 1 saturated heterocycles. The lowest BCUT2D eigenvalue weighted by atomic mass is 10.0. The smallest absolute Gasteiger partial charge is 0.131 e. The number of nitrogens with one attached hydrogen (secondary N) is 1. The molecular formula is C17H25FN2O. The van der Waals surface area contributed by atoms with Crippen molar-refractivity contribution in [2.24, 2.45) is 5.92 Å². The number of benzene rings is 1. The second-order valence-corrected chi connectivity index (χ2v) is 6.57. The number of rotatable bonds is 6. The summed E-state index contributed by atoms with van der Waals surface area (Å²) in [5.74, 6) is 0.478. The van der Waals surface area contributed by atoms with Crippen LogP contribution in [0, 0.1) is 11.7 Å². The van der Waals surface area contributed by atoms with E-state index in [0.717, 1.165) is 25.6 Å². The molecule has 1 aromatic rings. The Hall–Kier alpha value is -1.13. The van der Waals surface area contributed by atoms with Crippen LogP contribution in [0.25, 0.3) is 0 Å². The average Bonchev–Trinajstić information content (AvgIpc) is 3.11. The Morgan fingerprint density at radius 1 is 1.33 bits per heavy atom. The van der Waals surface area contributed by atoms with E-state index < -0.39 is 0 Å². The van der Waals surface area contributed by atoms with E-state index in [0.29, 0.717) is 11.6 Å². The molecule has 0 radical (unpaired) electrons. The quantitative estimate of drug-likeness (QED) is 0.846. The van der Waals surface area contributed by atoms with Gasteiger partial charge >= 0.3 is 0 Å². The molecule has 1 saturated carbocycles. The lowest BCUT2D eigenvalue weighted by molar-refractivity contribution is 0.181. The SMILES string of the molecule is CC(c1ccc(O)cc1F)N(CC1CC1)CC1CCCN1. The molecule has 3 nitrogen and oxygen atoms in total. The maximum Gasteiger partial charge on any atom is 0.131 e. The Labute approximate surface area is 126 Å². The summed E-state index contributed by atoms with van der Waals surface area (Å²) in [6.07, 6.45) is 5.06. The van der Waals surface area contributed by atoms with Gasteiger partial charge in [-0.05, 0) is 51.1 Å². The van der Waals surface area contributed by atoms with Crippen LogP contribution < -0.4 is 5.32 Å². The first kappa shape index (κ1) is 14.8. The van der Waals surface area contributed by atoms with E-state index in [-0.39, 0.29) is 17.6 Å². The van der Waals surface area contributed by atoms with Crippen molar-refractivity contribution in [1.82, 2.24) is 10.2 Å². The minimum absolute atomic E-state index is 0.00495. The highest BCUT2D eigenvalue weighted by Gasteiger charge is 2.30. The molecule has 1 aliphatic carbocycles. The first-order valence-corrected chi connectivity index (χ1v) is 8.09. The summed E-state index contributed by atoms with van der Waals surface area (Å²) in [6, 6.07) is 5.10. The Balaban J connectivity index is 1.73. The zero-order chi connectivity index (χ0) is 14.8. The van der Waals surface area contributed by atoms with Crippen LogP contribution in [0.2, 0.25) is 0 Å². The van der Waals surface area contributed by atoms with Crippen molar-refractivity contribution in [3.63, 3.8) is 0 Å². The summed E-state index contributed by atoms with van der Waals surface area (Å²) in [5.41, 5.74) is 0.687. The Kier molecular flexibility index (Phi) is 4.45. The molecule has 2 N–H and O–H groups in total. The van der Waals surface area contributed by atoms with Gasteiger partial charge in [0.1, 0.15) is 11.6 Å². The van der Waals surface area contributed by atoms with Gasteiger partial charge < -0.3 is 10.4 Å². The highest BCUT2D eigenvalue weighted by molar-refractivity contribution is 5.29. The Morgan fingerprint density at radius 2 is 2.14 bits per heavy atom. The topological polar surface area (TPSA) is 35.5 Å². The van der Waals surface area contributed by atoms with Crippen molar-refractivity contribution < 1.29 is 9.50 Å². The Morgan fingerprint density at radius 3 is 2.76 bits per heavy atom. The predicted molar refractivity (Wildman–Crippen MR) is 81.8 cm³/mol. The van der Waals surface area contributed by atoms with Crippen LogP contribution in [0.5, 0.6) is 5.75 Å². The number of hydrogen-bond acceptors (Lipinski definition) is 3. The van der Waals surface area contributed by atoms with Gasteiger partial charge in [0.2, 0.25) is 0 Å². The molecule has 21 heavy (non-hydrogen) atoms. The fraction of sp³-hybridized carbons (Fsp3) is 0.647. The van der Waals surface area contributed by atoms with Crippen LogP contribution in [-0.4, -0.2) is 35.7 Å². The summed E-state index contributed by atoms with van der Waals surface area (Å²) in [7, 11) is 0. The van der Waals surface area contributed by atoms with Crippen molar-refractivity contribution in [3.8, 4) is 5.75 Å². The molecule has 0 bridgehead atoms. The van der Waals surface area contributed by atoms with Gasteiger partial charge in [0.05, 0.1) is 0 Å². The van der Waals surface area contributed by atoms with E-state index in [1.807, 2.05) is 0 Å². The highest BCUT2D eigenvalue weighted by Crippen LogP contribution is 2.34. The standard InChI is InChI=1S/C17H25FN2O/c1-12(16-7-6-15(21)9-17(16)18)20(10-13-4-5-13)11-14-3-2-8-19-14/h6-7,9,12-14,19,21H,2-5,8,10-11H2,1H3. The highest BCUT2D eigenvalue weighted by atomic mass is 19.1. The van der Waals surface area contributed by atoms with Crippen LogP contribution in [0.3, 0.4) is 0 Å². The second kappa shape index (κ2) is 6.32. The molecule has 2 fully saturated rings. The summed E-state index contributed by atoms with van der Waals surface area (Å²) in [5, 5.41) is 12.9. The summed E-state index contributed by atoms with van der Waals surface area (Å²) in [4.78, 5) is 2.41. The van der Waals surface area contributed by atoms with Crippen LogP contribution >= 0.6 is 0 Å². The van der Waals surface area contributed by atoms with E-state index in [1.54, 1.807) is 12.1 Å². The third kappa shape index (κ3) is 3.74. The lowest BCUT2D eigenvalue weighted by Gasteiger charge is -2.32. The molecular weight excluding hydrogens is 267 g/mol. The van der Waals surface area contributed by atoms with Crippen molar-refractivity contribution in [2.45, 2.75) is 44.7 Å². The van der Waals surface area contributed by atoms with E-state index >= 15 is 0 Å². The normalized spacial score (nSPS) is 23.7. The van der Waals surface area contributed by atoms with Gasteiger partial charge in [0.25, 0.3) is 0 Å². The van der Waals surface area contributed by atoms with Crippen LogP contribution in [0.4, 0.5) is 4.39 Å². The summed E-state index contributed by atoms with van der Waals surface area (Å²) < 4.78 is 14.1. The molecule has 116 valence electrons. The summed E-state index contributed by atoms with van der Waals surface area (Å²) in [6.45, 7) is 5.22. The zero-order valence-corrected chi connectivity index (χ0v) is 12.7. The number of hydrogen-bond donors (Lipinski definition) is 2. The Bertz CT molecular complexity index is 484. The number of nitrogens with zero attached hydrogens (tertiary/aromatic N) is 1. The molecule has 4 heteroatoms. The fourth-order valence-electron chi connectivity index (χ4n) is 3.27. The van der Waals surface area contributed by atoms with E-state index in [1.165, 1.54) is 31.7 Å². The van der Waals surface area contributed by atoms with Gasteiger partial charge in [0.15, 0.2) is 0 Å². The summed E-state index contributed by atoms with van der Waals surface area (Å²) >= 11 is 0. The van der Waals surface area contributed by atoms with E-state index in [4.69, 9.17) is 0 Å². The van der Waals surface area contributed by atoms with Gasteiger partial charge in [-0.3, -0.25) is 4.90 Å². The molecule has 2 aliphatic rings. The maximum atomic E-state index is 14.1. The monoisotopic (exact) mass is 292 g/mol. The molecule has 2 unspecified atom stereocenters. The molecule has 0 aromatic heterocycles. The van der Waals surface area contributed by atoms with Gasteiger partial charge in [-0.25, -0.2) is 4.39 Å². The first-order chi connectivity index (χ1) is 10.1. The number of phenols is 1. The predicted octanol–water partition coefficient (Wildman–Crippen LogP) is 3.06. The maximum absolute atomic E-state index is 14.1. The van der Waals surface area contributed by atoms with E-state index in [2.05, 4.69) is 17.1 Å². The van der Waals surface area contributed by atoms with Crippen molar-refractivity contribution >= 4 is 0 Å². The zero-order valence-electron chi connectivity index (χ0n) is 12.7. The third-order valence-electron chi connectivity index (χ3n) is 4.79. The second-order valence-electron chi connectivity index (χ2n) is 6.57. The van der Waals surface area contributed by atoms with Crippen molar-refractivity contribution in [1.29, 1.82) is 0 Å². The largest absolute Gasteiger partial charge is 0.508 e. The molecule has 1 aliphatic heterocycles. The van der Waals surface area contributed by atoms with Gasteiger partial charge in [-0.2, -0.15) is 0 Å².